The fourth-order valence-corrected chi connectivity index (χ4v) is 4.51. The molecule has 1 heterocycles. The zero-order chi connectivity index (χ0) is 28.0. The van der Waals surface area contributed by atoms with E-state index in [-0.39, 0.29) is 42.7 Å². The Morgan fingerprint density at radius 1 is 1.21 bits per heavy atom. The number of imide groups is 1. The molecule has 3 amide bonds. The second-order valence-corrected chi connectivity index (χ2v) is 9.49. The minimum atomic E-state index is -1.29. The Balaban J connectivity index is 1.76. The molecule has 2 N–H and O–H groups in total. The van der Waals surface area contributed by atoms with Crippen molar-refractivity contribution in [2.75, 3.05) is 19.0 Å². The topological polar surface area (TPSA) is 130 Å². The molecular formula is C27H28ClFN2O7. The van der Waals surface area contributed by atoms with Gasteiger partial charge >= 0.3 is 5.97 Å². The van der Waals surface area contributed by atoms with Crippen molar-refractivity contribution in [2.45, 2.75) is 39.0 Å². The number of carboxylic acids is 1. The Kier molecular flexibility index (Phi) is 9.57. The van der Waals surface area contributed by atoms with Crippen LogP contribution in [0.1, 0.15) is 48.5 Å². The lowest BCUT2D eigenvalue weighted by molar-refractivity contribution is -0.149. The maximum Gasteiger partial charge on any atom is 0.335 e. The molecule has 1 unspecified atom stereocenters. The molecule has 3 rings (SSSR count). The lowest BCUT2D eigenvalue weighted by Crippen LogP contribution is -2.43. The fraction of sp³-hybridized carbons (Fsp3) is 0.370. The van der Waals surface area contributed by atoms with E-state index < -0.39 is 54.3 Å². The Morgan fingerprint density at radius 3 is 2.61 bits per heavy atom. The molecule has 0 bridgehead atoms. The van der Waals surface area contributed by atoms with Gasteiger partial charge in [-0.05, 0) is 61.2 Å². The van der Waals surface area contributed by atoms with Gasteiger partial charge in [-0.3, -0.25) is 24.1 Å². The van der Waals surface area contributed by atoms with E-state index in [1.54, 1.807) is 25.1 Å². The number of hydrogen-bond acceptors (Lipinski definition) is 6. The van der Waals surface area contributed by atoms with Crippen LogP contribution in [0.2, 0.25) is 5.02 Å². The number of benzene rings is 2. The normalized spacial score (nSPS) is 16.5. The van der Waals surface area contributed by atoms with Crippen LogP contribution in [0.25, 0.3) is 0 Å². The molecule has 2 atom stereocenters. The van der Waals surface area contributed by atoms with Gasteiger partial charge in [0, 0.05) is 29.7 Å². The van der Waals surface area contributed by atoms with Gasteiger partial charge in [-0.25, -0.2) is 9.18 Å². The first kappa shape index (κ1) is 28.8. The molecule has 1 saturated heterocycles. The SMILES string of the molecule is CC[C@@H](CC(=O)N1CC(=O)CCC(Cc2cc(Cl)ccc2OC)C1=O)C(=O)Nc1cc(C(=O)O)ccc1F. The number of carbonyl (C=O) groups excluding carboxylic acids is 4. The molecule has 0 saturated carbocycles. The van der Waals surface area contributed by atoms with Crippen molar-refractivity contribution in [2.24, 2.45) is 11.8 Å². The number of nitrogens with one attached hydrogen (secondary N) is 1. The first-order valence-corrected chi connectivity index (χ1v) is 12.4. The van der Waals surface area contributed by atoms with Crippen LogP contribution in [0.5, 0.6) is 5.75 Å². The summed E-state index contributed by atoms with van der Waals surface area (Å²) in [5, 5.41) is 11.9. The predicted octanol–water partition coefficient (Wildman–Crippen LogP) is 4.12. The highest BCUT2D eigenvalue weighted by Crippen LogP contribution is 2.29. The molecular weight excluding hydrogens is 519 g/mol. The lowest BCUT2D eigenvalue weighted by atomic mass is 9.93. The van der Waals surface area contributed by atoms with E-state index in [0.717, 1.165) is 23.1 Å². The van der Waals surface area contributed by atoms with Crippen LogP contribution in [0.3, 0.4) is 0 Å². The first-order valence-electron chi connectivity index (χ1n) is 12.1. The number of methoxy groups -OCH3 is 1. The predicted molar refractivity (Wildman–Crippen MR) is 137 cm³/mol. The Hall–Kier alpha value is -3.79. The van der Waals surface area contributed by atoms with Crippen molar-refractivity contribution in [3.8, 4) is 5.75 Å². The van der Waals surface area contributed by atoms with Gasteiger partial charge in [0.05, 0.1) is 24.9 Å². The summed E-state index contributed by atoms with van der Waals surface area (Å²) in [5.41, 5.74) is 0.107. The zero-order valence-corrected chi connectivity index (χ0v) is 21.7. The van der Waals surface area contributed by atoms with E-state index in [4.69, 9.17) is 21.4 Å². The molecule has 0 radical (unpaired) electrons. The van der Waals surface area contributed by atoms with Crippen LogP contribution in [-0.2, 0) is 25.6 Å². The number of ketones is 1. The van der Waals surface area contributed by atoms with E-state index >= 15 is 0 Å². The molecule has 9 nitrogen and oxygen atoms in total. The number of rotatable bonds is 9. The summed E-state index contributed by atoms with van der Waals surface area (Å²) in [5.74, 6) is -5.46. The summed E-state index contributed by atoms with van der Waals surface area (Å²) < 4.78 is 19.5. The van der Waals surface area contributed by atoms with E-state index in [1.807, 2.05) is 0 Å². The van der Waals surface area contributed by atoms with Crippen LogP contribution in [0.15, 0.2) is 36.4 Å². The van der Waals surface area contributed by atoms with Crippen LogP contribution < -0.4 is 10.1 Å². The number of hydrogen-bond donors (Lipinski definition) is 2. The van der Waals surface area contributed by atoms with Crippen LogP contribution in [0, 0.1) is 17.7 Å². The molecule has 11 heteroatoms. The molecule has 1 fully saturated rings. The number of aromatic carboxylic acids is 1. The van der Waals surface area contributed by atoms with E-state index in [0.29, 0.717) is 16.3 Å². The van der Waals surface area contributed by atoms with Crippen molar-refractivity contribution in [3.63, 3.8) is 0 Å². The summed E-state index contributed by atoms with van der Waals surface area (Å²) in [6.45, 7) is 1.25. The summed E-state index contributed by atoms with van der Waals surface area (Å²) in [4.78, 5) is 63.9. The Morgan fingerprint density at radius 2 is 1.95 bits per heavy atom. The van der Waals surface area contributed by atoms with E-state index in [9.17, 15) is 28.4 Å². The van der Waals surface area contributed by atoms with Gasteiger partial charge in [-0.1, -0.05) is 18.5 Å². The van der Waals surface area contributed by atoms with Gasteiger partial charge in [0.2, 0.25) is 17.7 Å². The second kappa shape index (κ2) is 12.6. The maximum absolute atomic E-state index is 14.2. The number of anilines is 1. The molecule has 0 aromatic heterocycles. The average molecular weight is 547 g/mol. The molecule has 2 aromatic carbocycles. The number of nitrogens with zero attached hydrogens (tertiary/aromatic N) is 1. The van der Waals surface area contributed by atoms with Gasteiger partial charge in [0.25, 0.3) is 0 Å². The summed E-state index contributed by atoms with van der Waals surface area (Å²) in [6, 6.07) is 7.95. The molecule has 0 aliphatic carbocycles. The Labute approximate surface area is 223 Å². The van der Waals surface area contributed by atoms with Crippen molar-refractivity contribution >= 4 is 46.8 Å². The zero-order valence-electron chi connectivity index (χ0n) is 21.0. The summed E-state index contributed by atoms with van der Waals surface area (Å²) in [7, 11) is 1.49. The smallest absolute Gasteiger partial charge is 0.335 e. The van der Waals surface area contributed by atoms with Crippen LogP contribution in [0.4, 0.5) is 10.1 Å². The summed E-state index contributed by atoms with van der Waals surface area (Å²) >= 11 is 6.11. The number of carbonyl (C=O) groups is 5. The number of carboxylic acid groups (broad SMARTS) is 1. The van der Waals surface area contributed by atoms with Crippen molar-refractivity contribution in [1.82, 2.24) is 4.90 Å². The van der Waals surface area contributed by atoms with Gasteiger partial charge < -0.3 is 15.2 Å². The van der Waals surface area contributed by atoms with Gasteiger partial charge in [-0.15, -0.1) is 0 Å². The monoisotopic (exact) mass is 546 g/mol. The second-order valence-electron chi connectivity index (χ2n) is 9.05. The molecule has 0 spiro atoms. The molecule has 2 aromatic rings. The van der Waals surface area contributed by atoms with E-state index in [1.165, 1.54) is 7.11 Å². The number of likely N-dealkylation sites (tertiary alicyclic amines) is 1. The fourth-order valence-electron chi connectivity index (χ4n) is 4.32. The van der Waals surface area contributed by atoms with Crippen molar-refractivity contribution < 1.29 is 38.2 Å². The number of amides is 3. The third kappa shape index (κ3) is 6.95. The van der Waals surface area contributed by atoms with Gasteiger partial charge in [0.1, 0.15) is 11.6 Å². The van der Waals surface area contributed by atoms with Crippen LogP contribution in [-0.4, -0.2) is 53.1 Å². The third-order valence-corrected chi connectivity index (χ3v) is 6.72. The number of ether oxygens (including phenoxy) is 1. The highest BCUT2D eigenvalue weighted by Gasteiger charge is 2.36. The third-order valence-electron chi connectivity index (χ3n) is 6.49. The molecule has 202 valence electrons. The highest BCUT2D eigenvalue weighted by atomic mass is 35.5. The number of halogens is 2. The van der Waals surface area contributed by atoms with Crippen LogP contribution >= 0.6 is 11.6 Å². The number of Topliss-reactive ketones (excluding diaryl/α,β-unsaturated/α-hetero) is 1. The average Bonchev–Trinajstić information content (AvgIpc) is 3.02. The minimum Gasteiger partial charge on any atom is -0.496 e. The standard InChI is InChI=1S/C27H28ClFN2O7/c1-3-15(25(34)30-22-12-17(27(36)37)5-8-21(22)29)13-24(33)31-14-20(32)7-4-16(26(31)35)10-18-11-19(28)6-9-23(18)38-2/h5-6,8-9,11-12,15-16H,3-4,7,10,13-14H2,1-2H3,(H,30,34)(H,36,37)/t15-,16?/m0/s1. The Bertz CT molecular complexity index is 1270. The molecule has 38 heavy (non-hydrogen) atoms. The minimum absolute atomic E-state index is 0.111. The largest absolute Gasteiger partial charge is 0.496 e. The lowest BCUT2D eigenvalue weighted by Gasteiger charge is -2.24. The molecule has 1 aliphatic rings. The quantitative estimate of drug-likeness (QED) is 0.484. The maximum atomic E-state index is 14.2. The summed E-state index contributed by atoms with van der Waals surface area (Å²) in [6.07, 6.45) is 0.343. The van der Waals surface area contributed by atoms with Gasteiger partial charge in [-0.2, -0.15) is 0 Å². The first-order chi connectivity index (χ1) is 18.0. The van der Waals surface area contributed by atoms with Crippen molar-refractivity contribution in [1.29, 1.82) is 0 Å². The highest BCUT2D eigenvalue weighted by molar-refractivity contribution is 6.30. The van der Waals surface area contributed by atoms with Crippen molar-refractivity contribution in [3.05, 3.63) is 58.4 Å². The van der Waals surface area contributed by atoms with E-state index in [2.05, 4.69) is 5.32 Å². The molecule has 1 aliphatic heterocycles. The van der Waals surface area contributed by atoms with Gasteiger partial charge in [0.15, 0.2) is 5.78 Å².